The quantitative estimate of drug-likeness (QED) is 0.808. The Morgan fingerprint density at radius 2 is 2.41 bits per heavy atom. The third kappa shape index (κ3) is 1.74. The Bertz CT molecular complexity index is 739. The van der Waals surface area contributed by atoms with Crippen LogP contribution in [0, 0.1) is 0 Å². The van der Waals surface area contributed by atoms with Crippen molar-refractivity contribution in [3.05, 3.63) is 47.0 Å². The predicted octanol–water partition coefficient (Wildman–Crippen LogP) is 1.88. The molecule has 8 heteroatoms. The molecule has 2 bridgehead atoms. The maximum absolute atomic E-state index is 12.7. The van der Waals surface area contributed by atoms with E-state index in [4.69, 9.17) is 4.84 Å². The largest absolute Gasteiger partial charge is 0.345 e. The van der Waals surface area contributed by atoms with E-state index in [1.54, 1.807) is 28.5 Å². The summed E-state index contributed by atoms with van der Waals surface area (Å²) in [5, 5.41) is 1.45. The summed E-state index contributed by atoms with van der Waals surface area (Å²) in [5.74, 6) is 0.810. The van der Waals surface area contributed by atoms with Crippen molar-refractivity contribution in [2.45, 2.75) is 12.1 Å². The van der Waals surface area contributed by atoms with Crippen LogP contribution in [0.5, 0.6) is 0 Å². The van der Waals surface area contributed by atoms with Gasteiger partial charge in [0.2, 0.25) is 0 Å². The number of hydroxylamine groups is 2. The van der Waals surface area contributed by atoms with Crippen LogP contribution in [0.2, 0.25) is 0 Å². The third-order valence-electron chi connectivity index (χ3n) is 4.02. The van der Waals surface area contributed by atoms with Crippen LogP contribution in [0.4, 0.5) is 4.79 Å². The molecular weight excluding hydrogens is 302 g/mol. The van der Waals surface area contributed by atoms with E-state index in [-0.39, 0.29) is 18.1 Å². The SMILES string of the molecule is C=CCON1C(=O)N2CC1c1scnc1[C@H]2c1nccn1C. The molecule has 2 aromatic rings. The average Bonchev–Trinajstić information content (AvgIpc) is 3.20. The van der Waals surface area contributed by atoms with Crippen LogP contribution in [0.15, 0.2) is 30.6 Å². The Balaban J connectivity index is 1.80. The average molecular weight is 317 g/mol. The molecule has 1 fully saturated rings. The molecule has 4 heterocycles. The molecule has 2 atom stereocenters. The minimum atomic E-state index is -0.262. The fraction of sp³-hybridized carbons (Fsp3) is 0.357. The second-order valence-corrected chi connectivity index (χ2v) is 6.15. The van der Waals surface area contributed by atoms with E-state index >= 15 is 0 Å². The van der Waals surface area contributed by atoms with Gasteiger partial charge in [0, 0.05) is 19.4 Å². The summed E-state index contributed by atoms with van der Waals surface area (Å²) >= 11 is 1.56. The third-order valence-corrected chi connectivity index (χ3v) is 4.96. The van der Waals surface area contributed by atoms with Gasteiger partial charge in [-0.2, -0.15) is 5.06 Å². The van der Waals surface area contributed by atoms with Gasteiger partial charge in [0.25, 0.3) is 0 Å². The molecule has 2 aliphatic rings. The van der Waals surface area contributed by atoms with Crippen molar-refractivity contribution in [2.24, 2.45) is 7.05 Å². The number of rotatable bonds is 4. The van der Waals surface area contributed by atoms with E-state index in [0.717, 1.165) is 16.4 Å². The summed E-state index contributed by atoms with van der Waals surface area (Å²) in [4.78, 5) is 30.0. The van der Waals surface area contributed by atoms with Gasteiger partial charge in [-0.15, -0.1) is 17.9 Å². The minimum absolute atomic E-state index is 0.105. The molecule has 22 heavy (non-hydrogen) atoms. The molecular formula is C14H15N5O2S. The summed E-state index contributed by atoms with van der Waals surface area (Å²) in [5.41, 5.74) is 2.71. The molecule has 0 aliphatic carbocycles. The molecule has 0 aromatic carbocycles. The number of fused-ring (bicyclic) bond motifs is 4. The zero-order chi connectivity index (χ0) is 15.3. The number of hydrogen-bond donors (Lipinski definition) is 0. The number of imidazole rings is 1. The molecule has 2 aromatic heterocycles. The molecule has 0 N–H and O–H groups in total. The van der Waals surface area contributed by atoms with Gasteiger partial charge in [0.15, 0.2) is 0 Å². The van der Waals surface area contributed by atoms with E-state index in [1.165, 1.54) is 5.06 Å². The van der Waals surface area contributed by atoms with Crippen molar-refractivity contribution in [3.8, 4) is 0 Å². The molecule has 114 valence electrons. The fourth-order valence-electron chi connectivity index (χ4n) is 3.05. The number of nitrogens with zero attached hydrogens (tertiary/aromatic N) is 5. The molecule has 0 radical (unpaired) electrons. The van der Waals surface area contributed by atoms with Crippen molar-refractivity contribution < 1.29 is 9.63 Å². The molecule has 1 saturated heterocycles. The lowest BCUT2D eigenvalue weighted by atomic mass is 10.0. The van der Waals surface area contributed by atoms with Gasteiger partial charge >= 0.3 is 6.03 Å². The zero-order valence-electron chi connectivity index (χ0n) is 12.0. The van der Waals surface area contributed by atoms with Gasteiger partial charge in [-0.05, 0) is 0 Å². The molecule has 4 rings (SSSR count). The second kappa shape index (κ2) is 4.92. The molecule has 7 nitrogen and oxygen atoms in total. The van der Waals surface area contributed by atoms with Crippen molar-refractivity contribution in [2.75, 3.05) is 13.2 Å². The molecule has 0 spiro atoms. The lowest BCUT2D eigenvalue weighted by Crippen LogP contribution is -2.36. The maximum atomic E-state index is 12.7. The first-order chi connectivity index (χ1) is 10.7. The number of carbonyl (C=O) groups excluding carboxylic acids is 1. The van der Waals surface area contributed by atoms with Crippen molar-refractivity contribution >= 4 is 17.4 Å². The number of aryl methyl sites for hydroxylation is 1. The van der Waals surface area contributed by atoms with E-state index in [2.05, 4.69) is 16.5 Å². The highest BCUT2D eigenvalue weighted by Gasteiger charge is 2.51. The molecule has 0 saturated carbocycles. The summed E-state index contributed by atoms with van der Waals surface area (Å²) in [7, 11) is 1.92. The summed E-state index contributed by atoms with van der Waals surface area (Å²) in [6, 6.07) is -0.515. The van der Waals surface area contributed by atoms with Crippen LogP contribution in [0.25, 0.3) is 0 Å². The molecule has 2 amide bonds. The number of hydrogen-bond acceptors (Lipinski definition) is 5. The van der Waals surface area contributed by atoms with Gasteiger partial charge in [-0.1, -0.05) is 6.08 Å². The second-order valence-electron chi connectivity index (χ2n) is 5.26. The van der Waals surface area contributed by atoms with Crippen LogP contribution in [0.3, 0.4) is 0 Å². The standard InChI is InChI=1S/C14H15N5O2S/c1-3-6-21-19-9-7-18(14(19)20)11(10-12(9)22-8-16-10)13-15-4-5-17(13)2/h3-5,8-9,11H,1,6-7H2,2H3/t9?,11-/m0/s1. The number of carbonyl (C=O) groups is 1. The van der Waals surface area contributed by atoms with E-state index in [9.17, 15) is 4.79 Å². The number of thiazole rings is 1. The zero-order valence-corrected chi connectivity index (χ0v) is 12.9. The Morgan fingerprint density at radius 1 is 1.55 bits per heavy atom. The summed E-state index contributed by atoms with van der Waals surface area (Å²) < 4.78 is 1.93. The lowest BCUT2D eigenvalue weighted by molar-refractivity contribution is -0.118. The first kappa shape index (κ1) is 13.5. The van der Waals surface area contributed by atoms with Gasteiger partial charge < -0.3 is 9.47 Å². The van der Waals surface area contributed by atoms with Crippen LogP contribution in [-0.2, 0) is 11.9 Å². The van der Waals surface area contributed by atoms with Crippen LogP contribution in [0.1, 0.15) is 28.5 Å². The first-order valence-corrected chi connectivity index (χ1v) is 7.84. The fourth-order valence-corrected chi connectivity index (χ4v) is 3.94. The smallest absolute Gasteiger partial charge is 0.336 e. The molecule has 1 unspecified atom stereocenters. The van der Waals surface area contributed by atoms with Gasteiger partial charge in [-0.3, -0.25) is 4.84 Å². The number of urea groups is 1. The van der Waals surface area contributed by atoms with Crippen molar-refractivity contribution in [1.29, 1.82) is 0 Å². The highest BCUT2D eigenvalue weighted by Crippen LogP contribution is 2.46. The number of aromatic nitrogens is 3. The van der Waals surface area contributed by atoms with Crippen LogP contribution >= 0.6 is 11.3 Å². The van der Waals surface area contributed by atoms with Crippen molar-refractivity contribution in [1.82, 2.24) is 24.5 Å². The van der Waals surface area contributed by atoms with E-state index in [1.807, 2.05) is 23.3 Å². The summed E-state index contributed by atoms with van der Waals surface area (Å²) in [6.07, 6.45) is 5.24. The summed E-state index contributed by atoms with van der Waals surface area (Å²) in [6.45, 7) is 4.52. The van der Waals surface area contributed by atoms with Crippen molar-refractivity contribution in [3.63, 3.8) is 0 Å². The monoisotopic (exact) mass is 317 g/mol. The highest BCUT2D eigenvalue weighted by atomic mass is 32.1. The topological polar surface area (TPSA) is 63.5 Å². The Kier molecular flexibility index (Phi) is 3.02. The van der Waals surface area contributed by atoms with Gasteiger partial charge in [0.05, 0.1) is 29.2 Å². The lowest BCUT2D eigenvalue weighted by Gasteiger charge is -2.29. The normalized spacial score (nSPS) is 23.0. The first-order valence-electron chi connectivity index (χ1n) is 6.96. The Labute approximate surface area is 131 Å². The predicted molar refractivity (Wildman–Crippen MR) is 80.0 cm³/mol. The molecule has 2 aliphatic heterocycles. The minimum Gasteiger partial charge on any atom is -0.336 e. The van der Waals surface area contributed by atoms with Crippen LogP contribution in [-0.4, -0.2) is 43.7 Å². The Hall–Kier alpha value is -2.19. The highest BCUT2D eigenvalue weighted by molar-refractivity contribution is 7.09. The van der Waals surface area contributed by atoms with Crippen LogP contribution < -0.4 is 0 Å². The Morgan fingerprint density at radius 3 is 3.14 bits per heavy atom. The van der Waals surface area contributed by atoms with Gasteiger partial charge in [0.1, 0.15) is 17.9 Å². The van der Waals surface area contributed by atoms with E-state index in [0.29, 0.717) is 13.2 Å². The number of amides is 2. The maximum Gasteiger partial charge on any atom is 0.345 e. The van der Waals surface area contributed by atoms with Gasteiger partial charge in [-0.25, -0.2) is 14.8 Å². The van der Waals surface area contributed by atoms with E-state index < -0.39 is 0 Å².